The molecule has 0 bridgehead atoms. The Bertz CT molecular complexity index is 929. The first-order valence-corrected chi connectivity index (χ1v) is 9.23. The molecule has 2 amide bonds. The molecule has 138 valence electrons. The molecule has 6 nitrogen and oxygen atoms in total. The van der Waals surface area contributed by atoms with Gasteiger partial charge in [-0.1, -0.05) is 12.1 Å². The van der Waals surface area contributed by atoms with Crippen LogP contribution in [0.5, 0.6) is 0 Å². The maximum absolute atomic E-state index is 12.3. The van der Waals surface area contributed by atoms with Crippen molar-refractivity contribution in [3.05, 3.63) is 54.1 Å². The molecule has 6 heteroatoms. The number of para-hydroxylation sites is 2. The third kappa shape index (κ3) is 3.84. The van der Waals surface area contributed by atoms with Crippen molar-refractivity contribution in [1.82, 2.24) is 15.2 Å². The molecule has 0 unspecified atom stereocenters. The van der Waals surface area contributed by atoms with E-state index in [1.807, 2.05) is 41.3 Å². The maximum Gasteiger partial charge on any atom is 0.251 e. The quantitative estimate of drug-likeness (QED) is 0.682. The third-order valence-electron chi connectivity index (χ3n) is 4.75. The van der Waals surface area contributed by atoms with Gasteiger partial charge in [0.25, 0.3) is 5.91 Å². The Kier molecular flexibility index (Phi) is 4.87. The number of oxazole rings is 1. The lowest BCUT2D eigenvalue weighted by Crippen LogP contribution is -2.30. The summed E-state index contributed by atoms with van der Waals surface area (Å²) < 4.78 is 5.75. The molecule has 0 spiro atoms. The van der Waals surface area contributed by atoms with Crippen molar-refractivity contribution in [2.75, 3.05) is 19.6 Å². The molecule has 0 atom stereocenters. The van der Waals surface area contributed by atoms with E-state index in [0.717, 1.165) is 36.0 Å². The molecule has 3 aromatic rings. The highest BCUT2D eigenvalue weighted by Crippen LogP contribution is 2.24. The van der Waals surface area contributed by atoms with E-state index in [1.165, 1.54) is 0 Å². The fourth-order valence-electron chi connectivity index (χ4n) is 3.27. The molecular weight excluding hydrogens is 342 g/mol. The lowest BCUT2D eigenvalue weighted by Gasteiger charge is -2.15. The number of nitrogens with zero attached hydrogens (tertiary/aromatic N) is 2. The van der Waals surface area contributed by atoms with Crippen LogP contribution >= 0.6 is 0 Å². The number of likely N-dealkylation sites (tertiary alicyclic amines) is 1. The van der Waals surface area contributed by atoms with E-state index in [2.05, 4.69) is 10.3 Å². The number of carbonyl (C=O) groups is 2. The molecule has 27 heavy (non-hydrogen) atoms. The first-order valence-electron chi connectivity index (χ1n) is 9.23. The van der Waals surface area contributed by atoms with Crippen molar-refractivity contribution in [3.8, 4) is 11.5 Å². The van der Waals surface area contributed by atoms with E-state index in [1.54, 1.807) is 12.1 Å². The van der Waals surface area contributed by atoms with Crippen LogP contribution in [0.2, 0.25) is 0 Å². The molecule has 0 radical (unpaired) electrons. The van der Waals surface area contributed by atoms with Gasteiger partial charge in [0.05, 0.1) is 0 Å². The monoisotopic (exact) mass is 363 g/mol. The molecule has 1 saturated heterocycles. The van der Waals surface area contributed by atoms with Crippen LogP contribution in [0.15, 0.2) is 52.9 Å². The molecule has 2 heterocycles. The third-order valence-corrected chi connectivity index (χ3v) is 4.75. The molecule has 1 aromatic heterocycles. The van der Waals surface area contributed by atoms with Crippen LogP contribution in [0.1, 0.15) is 29.6 Å². The summed E-state index contributed by atoms with van der Waals surface area (Å²) >= 11 is 0. The molecule has 0 aliphatic carbocycles. The summed E-state index contributed by atoms with van der Waals surface area (Å²) in [5.74, 6) is 0.640. The Morgan fingerprint density at radius 1 is 1.15 bits per heavy atom. The average molecular weight is 363 g/mol. The zero-order valence-corrected chi connectivity index (χ0v) is 15.0. The summed E-state index contributed by atoms with van der Waals surface area (Å²) in [5.41, 5.74) is 2.97. The zero-order chi connectivity index (χ0) is 18.6. The maximum atomic E-state index is 12.3. The summed E-state index contributed by atoms with van der Waals surface area (Å²) in [6.45, 7) is 2.09. The van der Waals surface area contributed by atoms with E-state index in [4.69, 9.17) is 4.42 Å². The van der Waals surface area contributed by atoms with Crippen molar-refractivity contribution in [1.29, 1.82) is 0 Å². The lowest BCUT2D eigenvalue weighted by molar-refractivity contribution is -0.127. The number of nitrogens with one attached hydrogen (secondary N) is 1. The van der Waals surface area contributed by atoms with Crippen LogP contribution in [-0.2, 0) is 4.79 Å². The highest BCUT2D eigenvalue weighted by atomic mass is 16.3. The number of carbonyl (C=O) groups excluding carboxylic acids is 2. The molecule has 1 fully saturated rings. The van der Waals surface area contributed by atoms with Gasteiger partial charge in [0.1, 0.15) is 5.52 Å². The van der Waals surface area contributed by atoms with Gasteiger partial charge in [-0.25, -0.2) is 4.98 Å². The highest BCUT2D eigenvalue weighted by Gasteiger charge is 2.19. The highest BCUT2D eigenvalue weighted by molar-refractivity contribution is 5.94. The van der Waals surface area contributed by atoms with E-state index in [-0.39, 0.29) is 11.8 Å². The minimum absolute atomic E-state index is 0.119. The van der Waals surface area contributed by atoms with Gasteiger partial charge in [-0.05, 0) is 49.2 Å². The number of aromatic nitrogens is 1. The summed E-state index contributed by atoms with van der Waals surface area (Å²) in [6.07, 6.45) is 2.36. The fourth-order valence-corrected chi connectivity index (χ4v) is 3.27. The lowest BCUT2D eigenvalue weighted by atomic mass is 10.1. The summed E-state index contributed by atoms with van der Waals surface area (Å²) in [5, 5.41) is 2.90. The second kappa shape index (κ2) is 7.61. The van der Waals surface area contributed by atoms with Crippen LogP contribution in [-0.4, -0.2) is 41.3 Å². The Hall–Kier alpha value is -3.15. The van der Waals surface area contributed by atoms with E-state index in [0.29, 0.717) is 31.0 Å². The smallest absolute Gasteiger partial charge is 0.251 e. The topological polar surface area (TPSA) is 75.4 Å². The normalized spacial score (nSPS) is 14.1. The number of rotatable bonds is 6. The van der Waals surface area contributed by atoms with Crippen LogP contribution < -0.4 is 5.32 Å². The summed E-state index contributed by atoms with van der Waals surface area (Å²) in [7, 11) is 0. The molecule has 1 N–H and O–H groups in total. The minimum atomic E-state index is -0.119. The Morgan fingerprint density at radius 3 is 2.70 bits per heavy atom. The number of amides is 2. The molecule has 0 saturated carbocycles. The Balaban J connectivity index is 1.32. The second-order valence-electron chi connectivity index (χ2n) is 6.66. The number of hydrogen-bond acceptors (Lipinski definition) is 4. The molecule has 2 aromatic carbocycles. The van der Waals surface area contributed by atoms with Crippen molar-refractivity contribution in [3.63, 3.8) is 0 Å². The van der Waals surface area contributed by atoms with Gasteiger partial charge in [-0.3, -0.25) is 9.59 Å². The standard InChI is InChI=1S/C21H21N3O3/c25-19-7-3-13-24(19)14-4-12-22-20(26)15-8-10-16(11-9-15)21-23-17-5-1-2-6-18(17)27-21/h1-2,5-6,8-11H,3-4,7,12-14H2,(H,22,26). The number of benzene rings is 2. The Labute approximate surface area is 157 Å². The fraction of sp³-hybridized carbons (Fsp3) is 0.286. The average Bonchev–Trinajstić information content (AvgIpc) is 3.31. The minimum Gasteiger partial charge on any atom is -0.436 e. The van der Waals surface area contributed by atoms with Crippen molar-refractivity contribution < 1.29 is 14.0 Å². The number of hydrogen-bond donors (Lipinski definition) is 1. The number of fused-ring (bicyclic) bond motifs is 1. The van der Waals surface area contributed by atoms with Gasteiger partial charge in [-0.2, -0.15) is 0 Å². The van der Waals surface area contributed by atoms with E-state index < -0.39 is 0 Å². The predicted octanol–water partition coefficient (Wildman–Crippen LogP) is 3.24. The molecular formula is C21H21N3O3. The predicted molar refractivity (Wildman–Crippen MR) is 102 cm³/mol. The van der Waals surface area contributed by atoms with Crippen LogP contribution in [0.25, 0.3) is 22.6 Å². The van der Waals surface area contributed by atoms with Gasteiger partial charge in [0.15, 0.2) is 5.58 Å². The SMILES string of the molecule is O=C(NCCCN1CCCC1=O)c1ccc(-c2nc3ccccc3o2)cc1. The van der Waals surface area contributed by atoms with Gasteiger partial charge in [0, 0.05) is 37.2 Å². The van der Waals surface area contributed by atoms with Crippen LogP contribution in [0.3, 0.4) is 0 Å². The largest absolute Gasteiger partial charge is 0.436 e. The molecule has 4 rings (SSSR count). The summed E-state index contributed by atoms with van der Waals surface area (Å²) in [4.78, 5) is 30.1. The van der Waals surface area contributed by atoms with Crippen molar-refractivity contribution >= 4 is 22.9 Å². The molecule has 1 aliphatic heterocycles. The second-order valence-corrected chi connectivity index (χ2v) is 6.66. The van der Waals surface area contributed by atoms with Gasteiger partial charge in [-0.15, -0.1) is 0 Å². The zero-order valence-electron chi connectivity index (χ0n) is 15.0. The molecule has 1 aliphatic rings. The van der Waals surface area contributed by atoms with Gasteiger partial charge < -0.3 is 14.6 Å². The van der Waals surface area contributed by atoms with E-state index in [9.17, 15) is 9.59 Å². The Morgan fingerprint density at radius 2 is 1.96 bits per heavy atom. The first kappa shape index (κ1) is 17.3. The van der Waals surface area contributed by atoms with Crippen molar-refractivity contribution in [2.24, 2.45) is 0 Å². The van der Waals surface area contributed by atoms with Crippen LogP contribution in [0, 0.1) is 0 Å². The van der Waals surface area contributed by atoms with Gasteiger partial charge >= 0.3 is 0 Å². The first-order chi connectivity index (χ1) is 13.2. The van der Waals surface area contributed by atoms with E-state index >= 15 is 0 Å². The van der Waals surface area contributed by atoms with Crippen molar-refractivity contribution in [2.45, 2.75) is 19.3 Å². The van der Waals surface area contributed by atoms with Crippen LogP contribution in [0.4, 0.5) is 0 Å². The van der Waals surface area contributed by atoms with Gasteiger partial charge in [0.2, 0.25) is 11.8 Å². The summed E-state index contributed by atoms with van der Waals surface area (Å²) in [6, 6.07) is 14.8.